The van der Waals surface area contributed by atoms with Crippen LogP contribution in [0.2, 0.25) is 0 Å². The highest BCUT2D eigenvalue weighted by atomic mass is 16.4. The van der Waals surface area contributed by atoms with Crippen LogP contribution < -0.4 is 88.0 Å². The molecule has 0 aliphatic carbocycles. The van der Waals surface area contributed by atoms with Crippen LogP contribution in [-0.4, -0.2) is 185 Å². The van der Waals surface area contributed by atoms with Gasteiger partial charge >= 0.3 is 5.97 Å². The molecule has 0 aromatic rings. The van der Waals surface area contributed by atoms with Gasteiger partial charge in [-0.1, -0.05) is 13.8 Å². The van der Waals surface area contributed by atoms with Gasteiger partial charge in [0.2, 0.25) is 82.7 Å². The summed E-state index contributed by atoms with van der Waals surface area (Å²) in [6, 6.07) is -14.6. The van der Waals surface area contributed by atoms with Crippen molar-refractivity contribution >= 4 is 94.6 Å². The molecule has 0 bridgehead atoms. The van der Waals surface area contributed by atoms with E-state index in [0.717, 1.165) is 11.8 Å². The fourth-order valence-electron chi connectivity index (χ4n) is 8.15. The van der Waals surface area contributed by atoms with Gasteiger partial charge in [0.05, 0.1) is 12.8 Å². The van der Waals surface area contributed by atoms with Gasteiger partial charge in [-0.15, -0.1) is 0 Å². The Morgan fingerprint density at radius 1 is 0.524 bits per heavy atom. The van der Waals surface area contributed by atoms with E-state index in [1.807, 2.05) is 0 Å². The second-order valence-electron chi connectivity index (χ2n) is 19.9. The van der Waals surface area contributed by atoms with Crippen LogP contribution in [-0.2, 0) is 71.9 Å². The number of nitrogens with one attached hydrogen (secondary N) is 9. The maximum Gasteiger partial charge on any atom is 0.303 e. The third kappa shape index (κ3) is 26.5. The van der Waals surface area contributed by atoms with Gasteiger partial charge < -0.3 is 98.0 Å². The molecule has 0 saturated carbocycles. The van der Waals surface area contributed by atoms with E-state index in [4.69, 9.17) is 45.2 Å². The molecule has 0 spiro atoms. The number of aliphatic imine (C=N–C) groups is 1. The summed E-state index contributed by atoms with van der Waals surface area (Å²) in [6.07, 6.45) is -2.13. The maximum atomic E-state index is 14.1. The first-order valence-electron chi connectivity index (χ1n) is 26.4. The predicted octanol–water partition coefficient (Wildman–Crippen LogP) is -8.39. The second kappa shape index (κ2) is 35.8. The summed E-state index contributed by atoms with van der Waals surface area (Å²) in [4.78, 5) is 199. The standard InChI is InChI=1S/C48H82N18O16/c1-22(2)37(46(81)58-23(3)39(74)57-24(4)40(75)64-31(21-35(52)70)47(82)66-19-9-12-32(66)45(80)60-26(38(53)73)14-16-36(71)72)65-43(78)29(13-15-33(50)68)62-42(77)28(11-8-18-56-48(54)55)61-44(79)30(20-34(51)69)63-41(76)27(59-25(5)67)10-6-7-17-49/h22-24,26-32,37H,6-21,49H2,1-5H3,(H2,50,68)(H2,51,69)(H2,52,70)(H2,53,73)(H,57,74)(H,58,81)(H,59,67)(H,60,80)(H,61,79)(H,62,77)(H,63,76)(H,64,75)(H,65,78)(H,71,72)(H4,54,55,56)/t23-,24-,26-,27-,28-,29-,30-,31-,32-,37-/m0/s1. The van der Waals surface area contributed by atoms with Crippen LogP contribution >= 0.6 is 0 Å². The number of unbranched alkanes of at least 4 members (excludes halogenated alkanes) is 1. The topological polar surface area (TPSA) is 582 Å². The average molecular weight is 1170 g/mol. The zero-order chi connectivity index (χ0) is 62.6. The lowest BCUT2D eigenvalue weighted by Gasteiger charge is -2.30. The van der Waals surface area contributed by atoms with Crippen molar-refractivity contribution in [2.45, 2.75) is 179 Å². The average Bonchev–Trinajstić information content (AvgIpc) is 3.97. The molecule has 0 radical (unpaired) electrons. The van der Waals surface area contributed by atoms with Crippen LogP contribution in [0.5, 0.6) is 0 Å². The Bertz CT molecular complexity index is 2370. The highest BCUT2D eigenvalue weighted by molar-refractivity contribution is 6.00. The number of aliphatic carboxylic acids is 1. The Balaban J connectivity index is 3.31. The molecule has 82 heavy (non-hydrogen) atoms. The number of primary amides is 4. The molecule has 1 fully saturated rings. The Hall–Kier alpha value is -8.72. The van der Waals surface area contributed by atoms with E-state index < -0.39 is 187 Å². The van der Waals surface area contributed by atoms with E-state index in [-0.39, 0.29) is 64.1 Å². The van der Waals surface area contributed by atoms with Crippen molar-refractivity contribution in [2.75, 3.05) is 19.6 Å². The molecule has 10 atom stereocenters. The number of amides is 14. The fourth-order valence-corrected chi connectivity index (χ4v) is 8.15. The Labute approximate surface area is 472 Å². The SMILES string of the molecule is CC(=O)N[C@@H](CCCCN)C(=O)N[C@@H](CC(N)=O)C(=O)N[C@@H](CCCN=C(N)N)C(=O)N[C@@H](CCC(N)=O)C(=O)N[C@H](C(=O)N[C@@H](C)C(=O)N[C@@H](C)C(=O)N[C@@H](CC(N)=O)C(=O)N1CCC[C@H]1C(=O)N[C@@H](CCC(=O)O)C(N)=O)C(C)C. The number of guanidine groups is 1. The van der Waals surface area contributed by atoms with Gasteiger partial charge in [0.25, 0.3) is 0 Å². The summed E-state index contributed by atoms with van der Waals surface area (Å²) < 4.78 is 0. The lowest BCUT2D eigenvalue weighted by Crippen LogP contribution is -2.61. The molecule has 1 rings (SSSR count). The van der Waals surface area contributed by atoms with E-state index in [2.05, 4.69) is 52.8 Å². The molecule has 14 amide bonds. The lowest BCUT2D eigenvalue weighted by molar-refractivity contribution is -0.143. The molecule has 1 heterocycles. The largest absolute Gasteiger partial charge is 0.481 e. The predicted molar refractivity (Wildman–Crippen MR) is 289 cm³/mol. The number of rotatable bonds is 38. The van der Waals surface area contributed by atoms with Gasteiger partial charge in [0.1, 0.15) is 60.4 Å². The van der Waals surface area contributed by atoms with Crippen molar-refractivity contribution in [3.8, 4) is 0 Å². The highest BCUT2D eigenvalue weighted by Crippen LogP contribution is 2.20. The molecular formula is C48H82N18O16. The Morgan fingerprint density at radius 3 is 1.51 bits per heavy atom. The molecule has 34 nitrogen and oxygen atoms in total. The number of nitrogens with two attached hydrogens (primary N) is 7. The third-order valence-corrected chi connectivity index (χ3v) is 12.5. The molecule has 0 aromatic carbocycles. The zero-order valence-electron chi connectivity index (χ0n) is 46.7. The molecule has 460 valence electrons. The van der Waals surface area contributed by atoms with Crippen molar-refractivity contribution < 1.29 is 77.0 Å². The maximum absolute atomic E-state index is 14.1. The molecule has 1 saturated heterocycles. The van der Waals surface area contributed by atoms with Crippen molar-refractivity contribution in [2.24, 2.45) is 51.0 Å². The number of hydrogen-bond acceptors (Lipinski definition) is 17. The fraction of sp³-hybridized carbons (Fsp3) is 0.667. The smallest absolute Gasteiger partial charge is 0.303 e. The zero-order valence-corrected chi connectivity index (χ0v) is 46.7. The third-order valence-electron chi connectivity index (χ3n) is 12.5. The summed E-state index contributed by atoms with van der Waals surface area (Å²) in [5.74, 6) is -15.6. The van der Waals surface area contributed by atoms with Gasteiger partial charge in [0, 0.05) is 32.9 Å². The summed E-state index contributed by atoms with van der Waals surface area (Å²) >= 11 is 0. The van der Waals surface area contributed by atoms with Crippen LogP contribution in [0, 0.1) is 5.92 Å². The van der Waals surface area contributed by atoms with Gasteiger partial charge in [-0.3, -0.25) is 76.9 Å². The molecule has 0 aromatic heterocycles. The molecule has 0 unspecified atom stereocenters. The first kappa shape index (κ1) is 71.3. The molecule has 24 N–H and O–H groups in total. The number of hydrogen-bond donors (Lipinski definition) is 17. The lowest BCUT2D eigenvalue weighted by atomic mass is 10.0. The van der Waals surface area contributed by atoms with Crippen LogP contribution in [0.4, 0.5) is 0 Å². The molecule has 1 aliphatic heterocycles. The number of carbonyl (C=O) groups excluding carboxylic acids is 14. The molecule has 1 aliphatic rings. The van der Waals surface area contributed by atoms with Crippen LogP contribution in [0.15, 0.2) is 4.99 Å². The van der Waals surface area contributed by atoms with Crippen molar-refractivity contribution in [1.29, 1.82) is 0 Å². The van der Waals surface area contributed by atoms with Gasteiger partial charge in [0.15, 0.2) is 5.96 Å². The van der Waals surface area contributed by atoms with Gasteiger partial charge in [-0.2, -0.15) is 0 Å². The summed E-state index contributed by atoms with van der Waals surface area (Å²) in [6.45, 7) is 6.82. The number of carbonyl (C=O) groups is 15. The Kier molecular flexibility index (Phi) is 31.1. The van der Waals surface area contributed by atoms with Crippen molar-refractivity contribution in [1.82, 2.24) is 52.8 Å². The normalized spacial score (nSPS) is 16.0. The van der Waals surface area contributed by atoms with Gasteiger partial charge in [-0.25, -0.2) is 0 Å². The molecular weight excluding hydrogens is 1080 g/mol. The van der Waals surface area contributed by atoms with Crippen molar-refractivity contribution in [3.05, 3.63) is 0 Å². The van der Waals surface area contributed by atoms with E-state index in [1.54, 1.807) is 0 Å². The van der Waals surface area contributed by atoms with E-state index in [9.17, 15) is 71.9 Å². The summed E-state index contributed by atoms with van der Waals surface area (Å²) in [5, 5.41) is 30.6. The monoisotopic (exact) mass is 1170 g/mol. The summed E-state index contributed by atoms with van der Waals surface area (Å²) in [7, 11) is 0. The minimum atomic E-state index is -1.69. The van der Waals surface area contributed by atoms with E-state index in [1.165, 1.54) is 27.7 Å². The number of carboxylic acids is 1. The number of nitrogens with zero attached hydrogens (tertiary/aromatic N) is 2. The van der Waals surface area contributed by atoms with E-state index in [0.29, 0.717) is 12.8 Å². The Morgan fingerprint density at radius 2 is 1.00 bits per heavy atom. The first-order valence-corrected chi connectivity index (χ1v) is 26.4. The van der Waals surface area contributed by atoms with Crippen LogP contribution in [0.25, 0.3) is 0 Å². The van der Waals surface area contributed by atoms with E-state index >= 15 is 0 Å². The van der Waals surface area contributed by atoms with Crippen molar-refractivity contribution in [3.63, 3.8) is 0 Å². The first-order chi connectivity index (χ1) is 38.3. The van der Waals surface area contributed by atoms with Crippen LogP contribution in [0.1, 0.15) is 118 Å². The number of carboxylic acid groups (broad SMARTS) is 1. The highest BCUT2D eigenvalue weighted by Gasteiger charge is 2.40. The van der Waals surface area contributed by atoms with Crippen LogP contribution in [0.3, 0.4) is 0 Å². The quantitative estimate of drug-likeness (QED) is 0.0155. The van der Waals surface area contributed by atoms with Gasteiger partial charge in [-0.05, 0) is 84.1 Å². The second-order valence-corrected chi connectivity index (χ2v) is 19.9. The molecule has 34 heteroatoms. The summed E-state index contributed by atoms with van der Waals surface area (Å²) in [5.41, 5.74) is 38.0. The minimum Gasteiger partial charge on any atom is -0.481 e. The number of likely N-dealkylation sites (tertiary alicyclic amines) is 1. The minimum absolute atomic E-state index is 0.0245.